The highest BCUT2D eigenvalue weighted by Crippen LogP contribution is 2.26. The van der Waals surface area contributed by atoms with E-state index in [9.17, 15) is 9.18 Å². The number of hydrogen-bond donors (Lipinski definition) is 1. The third-order valence-corrected chi connectivity index (χ3v) is 3.95. The maximum atomic E-state index is 13.4. The van der Waals surface area contributed by atoms with Crippen LogP contribution < -0.4 is 5.73 Å². The number of hydrogen-bond acceptors (Lipinski definition) is 2. The second-order valence-corrected chi connectivity index (χ2v) is 5.20. The van der Waals surface area contributed by atoms with Crippen LogP contribution in [-0.2, 0) is 0 Å². The summed E-state index contributed by atoms with van der Waals surface area (Å²) in [4.78, 5) is 14.3. The van der Waals surface area contributed by atoms with Gasteiger partial charge < -0.3 is 10.6 Å². The molecular formula is C14H19Cl2FN2O. The average molecular weight is 321 g/mol. The fourth-order valence-electron chi connectivity index (χ4n) is 2.58. The van der Waals surface area contributed by atoms with E-state index in [0.29, 0.717) is 13.1 Å². The molecule has 3 nitrogen and oxygen atoms in total. The third-order valence-electron chi connectivity index (χ3n) is 3.57. The predicted octanol–water partition coefficient (Wildman–Crippen LogP) is 3.24. The minimum Gasteiger partial charge on any atom is -0.336 e. The van der Waals surface area contributed by atoms with Crippen molar-refractivity contribution in [3.8, 4) is 0 Å². The summed E-state index contributed by atoms with van der Waals surface area (Å²) < 4.78 is 13.4. The van der Waals surface area contributed by atoms with Crippen LogP contribution in [0.5, 0.6) is 0 Å². The highest BCUT2D eigenvalue weighted by molar-refractivity contribution is 6.34. The highest BCUT2D eigenvalue weighted by atomic mass is 35.5. The second kappa shape index (κ2) is 7.81. The second-order valence-electron chi connectivity index (χ2n) is 4.83. The van der Waals surface area contributed by atoms with E-state index in [1.54, 1.807) is 11.0 Å². The number of amides is 1. The molecule has 1 saturated heterocycles. The van der Waals surface area contributed by atoms with Gasteiger partial charge in [0.05, 0.1) is 10.6 Å². The fraction of sp³-hybridized carbons (Fsp3) is 0.500. The molecule has 0 bridgehead atoms. The lowest BCUT2D eigenvalue weighted by molar-refractivity contribution is 0.0604. The summed E-state index contributed by atoms with van der Waals surface area (Å²) in [7, 11) is 0. The smallest absolute Gasteiger partial charge is 0.255 e. The first-order valence-electron chi connectivity index (χ1n) is 6.60. The monoisotopic (exact) mass is 320 g/mol. The lowest BCUT2D eigenvalue weighted by atomic mass is 9.98. The molecule has 1 unspecified atom stereocenters. The van der Waals surface area contributed by atoms with Crippen LogP contribution in [-0.4, -0.2) is 29.9 Å². The van der Waals surface area contributed by atoms with Crippen LogP contribution in [0.3, 0.4) is 0 Å². The molecule has 2 rings (SSSR count). The Balaban J connectivity index is 0.00000200. The number of carbonyl (C=O) groups is 1. The molecule has 0 aliphatic carbocycles. The van der Waals surface area contributed by atoms with Gasteiger partial charge in [0.25, 0.3) is 5.91 Å². The number of likely N-dealkylation sites (tertiary alicyclic amines) is 1. The van der Waals surface area contributed by atoms with E-state index >= 15 is 0 Å². The zero-order valence-corrected chi connectivity index (χ0v) is 12.7. The maximum Gasteiger partial charge on any atom is 0.255 e. The number of benzene rings is 1. The number of piperidine rings is 1. The Morgan fingerprint density at radius 3 is 2.90 bits per heavy atom. The van der Waals surface area contributed by atoms with Gasteiger partial charge in [0, 0.05) is 12.6 Å². The normalized spacial score (nSPS) is 18.6. The van der Waals surface area contributed by atoms with E-state index < -0.39 is 5.82 Å². The van der Waals surface area contributed by atoms with Gasteiger partial charge in [-0.15, -0.1) is 12.4 Å². The molecule has 6 heteroatoms. The van der Waals surface area contributed by atoms with E-state index in [1.807, 2.05) is 0 Å². The number of nitrogens with zero attached hydrogens (tertiary/aromatic N) is 1. The largest absolute Gasteiger partial charge is 0.336 e. The van der Waals surface area contributed by atoms with E-state index in [-0.39, 0.29) is 34.9 Å². The molecule has 112 valence electrons. The number of halogens is 3. The van der Waals surface area contributed by atoms with Crippen LogP contribution in [0.25, 0.3) is 0 Å². The number of nitrogens with two attached hydrogens (primary N) is 1. The molecule has 0 aromatic heterocycles. The van der Waals surface area contributed by atoms with Gasteiger partial charge in [-0.2, -0.15) is 0 Å². The SMILES string of the molecule is Cl.NCCC1CCCCN1C(=O)c1cccc(F)c1Cl. The molecule has 1 aliphatic heterocycles. The van der Waals surface area contributed by atoms with E-state index in [2.05, 4.69) is 0 Å². The van der Waals surface area contributed by atoms with Gasteiger partial charge in [0.15, 0.2) is 0 Å². The quantitative estimate of drug-likeness (QED) is 0.929. The molecule has 1 aromatic carbocycles. The summed E-state index contributed by atoms with van der Waals surface area (Å²) in [6, 6.07) is 4.48. The van der Waals surface area contributed by atoms with Crippen LogP contribution in [0.4, 0.5) is 4.39 Å². The lowest BCUT2D eigenvalue weighted by Gasteiger charge is -2.36. The van der Waals surface area contributed by atoms with E-state index in [1.165, 1.54) is 12.1 Å². The first kappa shape index (κ1) is 17.2. The Morgan fingerprint density at radius 1 is 1.45 bits per heavy atom. The zero-order chi connectivity index (χ0) is 13.8. The summed E-state index contributed by atoms with van der Waals surface area (Å²) in [6.45, 7) is 1.24. The Kier molecular flexibility index (Phi) is 6.72. The van der Waals surface area contributed by atoms with E-state index in [4.69, 9.17) is 17.3 Å². The van der Waals surface area contributed by atoms with Crippen molar-refractivity contribution < 1.29 is 9.18 Å². The van der Waals surface area contributed by atoms with Crippen molar-refractivity contribution in [2.24, 2.45) is 5.73 Å². The zero-order valence-electron chi connectivity index (χ0n) is 11.1. The number of carbonyl (C=O) groups excluding carboxylic acids is 1. The molecule has 0 saturated carbocycles. The van der Waals surface area contributed by atoms with Gasteiger partial charge in [0.1, 0.15) is 5.82 Å². The standard InChI is InChI=1S/C14H18ClFN2O.ClH/c15-13-11(5-3-6-12(13)16)14(19)18-9-2-1-4-10(18)7-8-17;/h3,5-6,10H,1-2,4,7-9,17H2;1H. The van der Waals surface area contributed by atoms with Crippen LogP contribution >= 0.6 is 24.0 Å². The van der Waals surface area contributed by atoms with Crippen LogP contribution in [0.2, 0.25) is 5.02 Å². The van der Waals surface area contributed by atoms with Gasteiger partial charge in [-0.05, 0) is 44.4 Å². The van der Waals surface area contributed by atoms with Gasteiger partial charge in [-0.1, -0.05) is 17.7 Å². The fourth-order valence-corrected chi connectivity index (χ4v) is 2.79. The van der Waals surface area contributed by atoms with Crippen LogP contribution in [0.15, 0.2) is 18.2 Å². The summed E-state index contributed by atoms with van der Waals surface area (Å²) >= 11 is 5.88. The molecule has 1 fully saturated rings. The highest BCUT2D eigenvalue weighted by Gasteiger charge is 2.28. The van der Waals surface area contributed by atoms with Gasteiger partial charge in [-0.3, -0.25) is 4.79 Å². The average Bonchev–Trinajstić information content (AvgIpc) is 2.42. The summed E-state index contributed by atoms with van der Waals surface area (Å²) in [5.41, 5.74) is 5.83. The molecule has 1 atom stereocenters. The molecule has 1 aromatic rings. The van der Waals surface area contributed by atoms with Crippen molar-refractivity contribution in [2.45, 2.75) is 31.7 Å². The molecule has 0 radical (unpaired) electrons. The molecule has 1 amide bonds. The summed E-state index contributed by atoms with van der Waals surface area (Å²) in [6.07, 6.45) is 3.81. The minimum atomic E-state index is -0.556. The van der Waals surface area contributed by atoms with Gasteiger partial charge in [0.2, 0.25) is 0 Å². The predicted molar refractivity (Wildman–Crippen MR) is 81.0 cm³/mol. The van der Waals surface area contributed by atoms with Gasteiger partial charge in [-0.25, -0.2) is 4.39 Å². The van der Waals surface area contributed by atoms with Gasteiger partial charge >= 0.3 is 0 Å². The Labute approximate surface area is 129 Å². The first-order chi connectivity index (χ1) is 9.15. The Morgan fingerprint density at radius 2 is 2.20 bits per heavy atom. The van der Waals surface area contributed by atoms with E-state index in [0.717, 1.165) is 25.7 Å². The molecule has 20 heavy (non-hydrogen) atoms. The lowest BCUT2D eigenvalue weighted by Crippen LogP contribution is -2.44. The van der Waals surface area contributed by atoms with Crippen molar-refractivity contribution in [3.05, 3.63) is 34.6 Å². The van der Waals surface area contributed by atoms with Crippen molar-refractivity contribution in [1.82, 2.24) is 4.90 Å². The van der Waals surface area contributed by atoms with Crippen molar-refractivity contribution >= 4 is 29.9 Å². The molecule has 1 aliphatic rings. The van der Waals surface area contributed by atoms with Crippen molar-refractivity contribution in [2.75, 3.05) is 13.1 Å². The topological polar surface area (TPSA) is 46.3 Å². The van der Waals surface area contributed by atoms with Crippen molar-refractivity contribution in [3.63, 3.8) is 0 Å². The molecular weight excluding hydrogens is 302 g/mol. The first-order valence-corrected chi connectivity index (χ1v) is 6.98. The third kappa shape index (κ3) is 3.62. The molecule has 2 N–H and O–H groups in total. The number of rotatable bonds is 3. The maximum absolute atomic E-state index is 13.4. The Bertz CT molecular complexity index is 468. The summed E-state index contributed by atoms with van der Waals surface area (Å²) in [5.74, 6) is -0.748. The molecule has 1 heterocycles. The Hall–Kier alpha value is -0.840. The summed E-state index contributed by atoms with van der Waals surface area (Å²) in [5, 5.41) is -0.0930. The van der Waals surface area contributed by atoms with Crippen molar-refractivity contribution in [1.29, 1.82) is 0 Å². The minimum absolute atomic E-state index is 0. The molecule has 0 spiro atoms. The van der Waals surface area contributed by atoms with Crippen LogP contribution in [0, 0.1) is 5.82 Å². The van der Waals surface area contributed by atoms with Crippen LogP contribution in [0.1, 0.15) is 36.0 Å².